The van der Waals surface area contributed by atoms with Crippen LogP contribution < -0.4 is 0 Å². The second-order valence-electron chi connectivity index (χ2n) is 0.597. The Morgan fingerprint density at radius 3 is 2.20 bits per heavy atom. The zero-order valence-electron chi connectivity index (χ0n) is 2.61. The normalized spacial score (nSPS) is 13.2. The Bertz CT molecular complexity index is 55.2. The van der Waals surface area contributed by atoms with Crippen molar-refractivity contribution in [1.82, 2.24) is 0 Å². The number of hydrogen-bond donors (Lipinski definition) is 0. The molecule has 0 bridgehead atoms. The van der Waals surface area contributed by atoms with E-state index in [1.807, 2.05) is 6.07 Å². The number of alkyl halides is 1. The fourth-order valence-corrected chi connectivity index (χ4v) is 0. The van der Waals surface area contributed by atoms with Crippen molar-refractivity contribution < 1.29 is 26.1 Å². The van der Waals surface area contributed by atoms with Crippen LogP contribution in [0.5, 0.6) is 0 Å². The number of halogens is 1. The van der Waals surface area contributed by atoms with Gasteiger partial charge < -0.3 is 0 Å². The van der Waals surface area contributed by atoms with Crippen LogP contribution in [0.4, 0.5) is 0 Å². The van der Waals surface area contributed by atoms with Gasteiger partial charge in [-0.1, -0.05) is 0 Å². The van der Waals surface area contributed by atoms with Crippen LogP contribution in [-0.2, 0) is 26.1 Å². The van der Waals surface area contributed by atoms with Crippen LogP contribution in [-0.4, -0.2) is 2.89 Å². The molecule has 0 radical (unpaired) electrons. The average molecular weight is 275 g/mol. The van der Waals surface area contributed by atoms with Gasteiger partial charge in [0.25, 0.3) is 0 Å². The third-order valence-corrected chi connectivity index (χ3v) is 0.947. The van der Waals surface area contributed by atoms with Crippen LogP contribution in [0.25, 0.3) is 0 Å². The molecule has 0 aliphatic heterocycles. The van der Waals surface area contributed by atoms with Gasteiger partial charge in [0, 0.05) is 0 Å². The van der Waals surface area contributed by atoms with E-state index in [0.717, 1.165) is 0 Å². The molecular weight excluding hydrogens is 274 g/mol. The summed E-state index contributed by atoms with van der Waals surface area (Å²) in [5.41, 5.74) is 0. The molecule has 0 aromatic rings. The summed E-state index contributed by atoms with van der Waals surface area (Å²) in [6.45, 7) is 0. The SMILES string of the molecule is N#C[CH](Cl)[Hg]. The van der Waals surface area contributed by atoms with Crippen molar-refractivity contribution >= 4 is 11.6 Å². The molecule has 0 N–H and O–H groups in total. The molecule has 5 heavy (non-hydrogen) atoms. The zero-order valence-corrected chi connectivity index (χ0v) is 8.86. The molecule has 1 atom stereocenters. The van der Waals surface area contributed by atoms with Crippen molar-refractivity contribution in [3.8, 4) is 6.07 Å². The maximum atomic E-state index is 7.81. The average Bonchev–Trinajstić information content (AvgIpc) is 1.38. The topological polar surface area (TPSA) is 23.8 Å². The van der Waals surface area contributed by atoms with Crippen LogP contribution in [0.2, 0.25) is 0 Å². The Kier molecular flexibility index (Phi) is 3.35. The van der Waals surface area contributed by atoms with Crippen LogP contribution in [0.3, 0.4) is 0 Å². The summed E-state index contributed by atoms with van der Waals surface area (Å²) >= 11 is 5.62. The molecule has 0 aromatic heterocycles. The van der Waals surface area contributed by atoms with Crippen molar-refractivity contribution in [2.24, 2.45) is 0 Å². The molecule has 0 spiro atoms. The van der Waals surface area contributed by atoms with Crippen molar-refractivity contribution in [2.45, 2.75) is 2.89 Å². The first kappa shape index (κ1) is 5.72. The van der Waals surface area contributed by atoms with E-state index in [-0.39, 0.29) is 2.89 Å². The maximum absolute atomic E-state index is 7.81. The molecule has 0 saturated carbocycles. The van der Waals surface area contributed by atoms with Gasteiger partial charge in [0.05, 0.1) is 0 Å². The molecule has 0 aliphatic carbocycles. The molecule has 0 amide bonds. The minimum atomic E-state index is -0.144. The Hall–Kier alpha value is 0.715. The van der Waals surface area contributed by atoms with E-state index in [0.29, 0.717) is 26.1 Å². The van der Waals surface area contributed by atoms with Crippen LogP contribution in [0.1, 0.15) is 0 Å². The van der Waals surface area contributed by atoms with Gasteiger partial charge in [-0.05, 0) is 0 Å². The third kappa shape index (κ3) is 4.72. The van der Waals surface area contributed by atoms with E-state index in [9.17, 15) is 0 Å². The molecule has 0 saturated heterocycles. The van der Waals surface area contributed by atoms with Gasteiger partial charge in [0.15, 0.2) is 0 Å². The molecule has 3 heteroatoms. The van der Waals surface area contributed by atoms with Crippen molar-refractivity contribution in [3.63, 3.8) is 0 Å². The molecule has 0 aliphatic rings. The molecule has 0 aromatic carbocycles. The first-order valence-electron chi connectivity index (χ1n) is 1.14. The predicted octanol–water partition coefficient (Wildman–Crippen LogP) is 0.622. The van der Waals surface area contributed by atoms with Gasteiger partial charge in [-0.3, -0.25) is 0 Å². The predicted molar refractivity (Wildman–Crippen MR) is 15.3 cm³/mol. The first-order valence-corrected chi connectivity index (χ1v) is 4.75. The summed E-state index contributed by atoms with van der Waals surface area (Å²) in [7, 11) is 0. The van der Waals surface area contributed by atoms with Crippen LogP contribution >= 0.6 is 11.6 Å². The number of rotatable bonds is 0. The zero-order chi connectivity index (χ0) is 4.28. The molecule has 0 rings (SSSR count). The van der Waals surface area contributed by atoms with Crippen molar-refractivity contribution in [2.75, 3.05) is 0 Å². The van der Waals surface area contributed by atoms with E-state index in [1.165, 1.54) is 0 Å². The second-order valence-corrected chi connectivity index (χ2v) is 6.31. The first-order chi connectivity index (χ1) is 2.27. The molecule has 23 valence electrons. The Labute approximate surface area is 51.9 Å². The number of nitrogens with zero attached hydrogens (tertiary/aromatic N) is 1. The summed E-state index contributed by atoms with van der Waals surface area (Å²) in [5, 5.41) is 7.81. The van der Waals surface area contributed by atoms with Crippen LogP contribution in [0.15, 0.2) is 0 Å². The Balaban J connectivity index is 2.94. The number of hydrogen-bond acceptors (Lipinski definition) is 1. The fourth-order valence-electron chi connectivity index (χ4n) is 0. The summed E-state index contributed by atoms with van der Waals surface area (Å²) in [6.07, 6.45) is 0. The second kappa shape index (κ2) is 2.93. The summed E-state index contributed by atoms with van der Waals surface area (Å²) in [5.74, 6) is 0. The van der Waals surface area contributed by atoms with E-state index in [4.69, 9.17) is 16.9 Å². The Morgan fingerprint density at radius 1 is 2.00 bits per heavy atom. The van der Waals surface area contributed by atoms with Crippen molar-refractivity contribution in [1.29, 1.82) is 5.26 Å². The van der Waals surface area contributed by atoms with Gasteiger partial charge in [0.2, 0.25) is 0 Å². The minimum absolute atomic E-state index is 0.144. The molecule has 0 fully saturated rings. The van der Waals surface area contributed by atoms with E-state index in [2.05, 4.69) is 0 Å². The quantitative estimate of drug-likeness (QED) is 0.469. The summed E-state index contributed by atoms with van der Waals surface area (Å²) < 4.78 is -0.144. The van der Waals surface area contributed by atoms with E-state index < -0.39 is 0 Å². The summed E-state index contributed by atoms with van der Waals surface area (Å²) in [6, 6.07) is 1.88. The number of nitriles is 1. The van der Waals surface area contributed by atoms with Gasteiger partial charge in [0.1, 0.15) is 0 Å². The molecule has 1 unspecified atom stereocenters. The van der Waals surface area contributed by atoms with E-state index >= 15 is 0 Å². The Morgan fingerprint density at radius 2 is 2.20 bits per heavy atom. The summed E-state index contributed by atoms with van der Waals surface area (Å²) in [4.78, 5) is 0. The van der Waals surface area contributed by atoms with Crippen molar-refractivity contribution in [3.05, 3.63) is 0 Å². The fraction of sp³-hybridized carbons (Fsp3) is 0.500. The molecule has 1 nitrogen and oxygen atoms in total. The van der Waals surface area contributed by atoms with Gasteiger partial charge in [-0.25, -0.2) is 0 Å². The molecule has 0 heterocycles. The van der Waals surface area contributed by atoms with E-state index in [1.54, 1.807) is 0 Å². The third-order valence-electron chi connectivity index (χ3n) is 0.140. The van der Waals surface area contributed by atoms with Gasteiger partial charge >= 0.3 is 51.9 Å². The molecular formula is C2HClHgN. The van der Waals surface area contributed by atoms with Gasteiger partial charge in [-0.15, -0.1) is 0 Å². The van der Waals surface area contributed by atoms with Crippen LogP contribution in [0, 0.1) is 11.3 Å². The standard InChI is InChI=1S/C2HClN.Hg/c3-1-2-4;/h1H;. The monoisotopic (exact) mass is 276 g/mol. The van der Waals surface area contributed by atoms with Gasteiger partial charge in [-0.2, -0.15) is 0 Å².